The van der Waals surface area contributed by atoms with E-state index in [4.69, 9.17) is 0 Å². The van der Waals surface area contributed by atoms with E-state index < -0.39 is 0 Å². The molecule has 0 unspecified atom stereocenters. The summed E-state index contributed by atoms with van der Waals surface area (Å²) in [7, 11) is 0. The Morgan fingerprint density at radius 1 is 1.32 bits per heavy atom. The molecule has 3 aromatic heterocycles. The highest BCUT2D eigenvalue weighted by Crippen LogP contribution is 2.17. The molecule has 1 N–H and O–H groups in total. The van der Waals surface area contributed by atoms with Crippen LogP contribution in [0.5, 0.6) is 0 Å². The monoisotopic (exact) mass is 352 g/mol. The second kappa shape index (κ2) is 6.48. The van der Waals surface area contributed by atoms with E-state index in [0.717, 1.165) is 22.0 Å². The lowest BCUT2D eigenvalue weighted by atomic mass is 10.2. The fourth-order valence-corrected chi connectivity index (χ4v) is 3.27. The van der Waals surface area contributed by atoms with Gasteiger partial charge in [0.25, 0.3) is 0 Å². The van der Waals surface area contributed by atoms with Crippen LogP contribution in [-0.4, -0.2) is 30.1 Å². The largest absolute Gasteiger partial charge is 0.346 e. The van der Waals surface area contributed by atoms with Crippen LogP contribution in [0.25, 0.3) is 16.3 Å². The number of fused-ring (bicyclic) bond motifs is 1. The van der Waals surface area contributed by atoms with Gasteiger partial charge in [0.15, 0.2) is 0 Å². The summed E-state index contributed by atoms with van der Waals surface area (Å²) in [4.78, 5) is 22.1. The Balaban J connectivity index is 1.46. The zero-order chi connectivity index (χ0) is 17.2. The third-order valence-corrected chi connectivity index (χ3v) is 4.58. The van der Waals surface area contributed by atoms with Crippen LogP contribution in [0, 0.1) is 0 Å². The molecule has 0 radical (unpaired) electrons. The number of aromatic nitrogens is 5. The third-order valence-electron chi connectivity index (χ3n) is 3.89. The molecule has 25 heavy (non-hydrogen) atoms. The van der Waals surface area contributed by atoms with Crippen LogP contribution in [0.1, 0.15) is 18.7 Å². The maximum Gasteiger partial charge on any atom is 0.240 e. The normalized spacial score (nSPS) is 12.4. The Bertz CT molecular complexity index is 974. The van der Waals surface area contributed by atoms with E-state index in [2.05, 4.69) is 20.4 Å². The lowest BCUT2D eigenvalue weighted by molar-refractivity contribution is -0.122. The Hall–Kier alpha value is -3.00. The van der Waals surface area contributed by atoms with E-state index in [-0.39, 0.29) is 18.5 Å². The average Bonchev–Trinajstić information content (AvgIpc) is 3.31. The molecule has 0 aliphatic carbocycles. The second-order valence-electron chi connectivity index (χ2n) is 5.67. The molecule has 0 aliphatic heterocycles. The van der Waals surface area contributed by atoms with Crippen molar-refractivity contribution < 1.29 is 4.79 Å². The third kappa shape index (κ3) is 3.16. The molecule has 0 aliphatic rings. The molecule has 0 fully saturated rings. The van der Waals surface area contributed by atoms with Gasteiger partial charge < -0.3 is 9.88 Å². The van der Waals surface area contributed by atoms with Crippen LogP contribution < -0.4 is 5.32 Å². The molecule has 0 saturated heterocycles. The van der Waals surface area contributed by atoms with Crippen LogP contribution in [0.15, 0.2) is 54.4 Å². The maximum atomic E-state index is 12.4. The van der Waals surface area contributed by atoms with Gasteiger partial charge in [0.2, 0.25) is 10.9 Å². The van der Waals surface area contributed by atoms with Crippen LogP contribution in [0.4, 0.5) is 0 Å². The van der Waals surface area contributed by atoms with Crippen LogP contribution in [0.2, 0.25) is 0 Å². The van der Waals surface area contributed by atoms with Crippen molar-refractivity contribution in [3.63, 3.8) is 0 Å². The summed E-state index contributed by atoms with van der Waals surface area (Å²) < 4.78 is 3.55. The van der Waals surface area contributed by atoms with Gasteiger partial charge >= 0.3 is 0 Å². The molecule has 0 spiro atoms. The molecule has 4 aromatic rings. The lowest BCUT2D eigenvalue weighted by Gasteiger charge is -2.13. The number of amides is 1. The predicted octanol–water partition coefficient (Wildman–Crippen LogP) is 2.53. The molecule has 3 heterocycles. The van der Waals surface area contributed by atoms with E-state index in [1.54, 1.807) is 16.2 Å². The maximum absolute atomic E-state index is 12.4. The predicted molar refractivity (Wildman–Crippen MR) is 95.1 cm³/mol. The average molecular weight is 352 g/mol. The first-order chi connectivity index (χ1) is 12.2. The Kier molecular flexibility index (Phi) is 4.02. The highest BCUT2D eigenvalue weighted by atomic mass is 32.1. The lowest BCUT2D eigenvalue weighted by Crippen LogP contribution is -2.30. The molecule has 1 aromatic carbocycles. The van der Waals surface area contributed by atoms with Gasteiger partial charge in [0.05, 0.1) is 17.9 Å². The topological polar surface area (TPSA) is 77.1 Å². The van der Waals surface area contributed by atoms with E-state index in [9.17, 15) is 4.79 Å². The van der Waals surface area contributed by atoms with Crippen molar-refractivity contribution in [3.05, 3.63) is 60.1 Å². The molecule has 0 bridgehead atoms. The summed E-state index contributed by atoms with van der Waals surface area (Å²) in [5, 5.41) is 7.13. The zero-order valence-electron chi connectivity index (χ0n) is 13.5. The van der Waals surface area contributed by atoms with Gasteiger partial charge in [-0.2, -0.15) is 5.10 Å². The number of nitrogens with one attached hydrogen (secondary N) is 1. The molecule has 0 saturated carbocycles. The molecule has 8 heteroatoms. The van der Waals surface area contributed by atoms with Crippen LogP contribution in [-0.2, 0) is 11.3 Å². The van der Waals surface area contributed by atoms with Gasteiger partial charge in [-0.1, -0.05) is 41.7 Å². The summed E-state index contributed by atoms with van der Waals surface area (Å²) >= 11 is 1.46. The SMILES string of the molecule is C[C@@H](NC(=O)Cn1ccnc1-c1ccccc1)c1cn2ncsc2n1. The molecule has 1 atom stereocenters. The van der Waals surface area contributed by atoms with E-state index in [0.29, 0.717) is 0 Å². The number of nitrogens with zero attached hydrogens (tertiary/aromatic N) is 5. The molecule has 4 rings (SSSR count). The van der Waals surface area contributed by atoms with Crippen molar-refractivity contribution in [3.8, 4) is 11.4 Å². The highest BCUT2D eigenvalue weighted by molar-refractivity contribution is 7.14. The fraction of sp³-hybridized carbons (Fsp3) is 0.176. The number of carbonyl (C=O) groups excluding carboxylic acids is 1. The van der Waals surface area contributed by atoms with Crippen molar-refractivity contribution in [1.82, 2.24) is 29.5 Å². The van der Waals surface area contributed by atoms with Crippen molar-refractivity contribution in [1.29, 1.82) is 0 Å². The smallest absolute Gasteiger partial charge is 0.240 e. The molecular formula is C17H16N6OS. The second-order valence-corrected chi connectivity index (χ2v) is 6.48. The number of hydrogen-bond acceptors (Lipinski definition) is 5. The summed E-state index contributed by atoms with van der Waals surface area (Å²) in [6.45, 7) is 2.12. The van der Waals surface area contributed by atoms with Crippen molar-refractivity contribution >= 4 is 22.2 Å². The minimum atomic E-state index is -0.190. The number of rotatable bonds is 5. The summed E-state index contributed by atoms with van der Waals surface area (Å²) in [6.07, 6.45) is 5.35. The van der Waals surface area contributed by atoms with Gasteiger partial charge in [-0.15, -0.1) is 0 Å². The summed E-state index contributed by atoms with van der Waals surface area (Å²) in [5.74, 6) is 0.683. The number of hydrogen-bond donors (Lipinski definition) is 1. The minimum absolute atomic E-state index is 0.0907. The summed E-state index contributed by atoms with van der Waals surface area (Å²) in [5.41, 5.74) is 3.51. The highest BCUT2D eigenvalue weighted by Gasteiger charge is 2.15. The molecule has 7 nitrogen and oxygen atoms in total. The Morgan fingerprint density at radius 3 is 2.96 bits per heavy atom. The van der Waals surface area contributed by atoms with Gasteiger partial charge in [-0.25, -0.2) is 14.5 Å². The molecule has 126 valence electrons. The first-order valence-electron chi connectivity index (χ1n) is 7.85. The summed E-state index contributed by atoms with van der Waals surface area (Å²) in [6, 6.07) is 9.62. The van der Waals surface area contributed by atoms with Gasteiger partial charge in [0, 0.05) is 18.0 Å². The quantitative estimate of drug-likeness (QED) is 0.599. The number of carbonyl (C=O) groups is 1. The first-order valence-corrected chi connectivity index (χ1v) is 8.73. The van der Waals surface area contributed by atoms with Crippen LogP contribution >= 0.6 is 11.3 Å². The number of imidazole rings is 2. The fourth-order valence-electron chi connectivity index (χ4n) is 2.66. The van der Waals surface area contributed by atoms with E-state index in [1.807, 2.05) is 54.2 Å². The van der Waals surface area contributed by atoms with E-state index in [1.165, 1.54) is 11.3 Å². The zero-order valence-corrected chi connectivity index (χ0v) is 14.3. The number of benzene rings is 1. The van der Waals surface area contributed by atoms with Gasteiger partial charge in [0.1, 0.15) is 17.9 Å². The molecule has 1 amide bonds. The van der Waals surface area contributed by atoms with Crippen molar-refractivity contribution in [2.45, 2.75) is 19.5 Å². The van der Waals surface area contributed by atoms with Gasteiger partial charge in [-0.05, 0) is 6.92 Å². The standard InChI is InChI=1S/C17H16N6OS/c1-12(14-9-23-17(21-14)25-11-19-23)20-15(24)10-22-8-7-18-16(22)13-5-3-2-4-6-13/h2-9,11-12H,10H2,1H3,(H,20,24)/t12-/m1/s1. The first kappa shape index (κ1) is 15.5. The Labute approximate surface area is 148 Å². The Morgan fingerprint density at radius 2 is 2.16 bits per heavy atom. The van der Waals surface area contributed by atoms with Crippen LogP contribution in [0.3, 0.4) is 0 Å². The van der Waals surface area contributed by atoms with Gasteiger partial charge in [-0.3, -0.25) is 4.79 Å². The van der Waals surface area contributed by atoms with E-state index >= 15 is 0 Å². The minimum Gasteiger partial charge on any atom is -0.346 e. The van der Waals surface area contributed by atoms with Crippen molar-refractivity contribution in [2.24, 2.45) is 0 Å². The van der Waals surface area contributed by atoms with Crippen molar-refractivity contribution in [2.75, 3.05) is 0 Å². The molecular weight excluding hydrogens is 336 g/mol.